The summed E-state index contributed by atoms with van der Waals surface area (Å²) < 4.78 is 5.32. The van der Waals surface area contributed by atoms with Crippen molar-refractivity contribution in [3.8, 4) is 0 Å². The number of nitrogens with one attached hydrogen (secondary N) is 1. The third-order valence-corrected chi connectivity index (χ3v) is 3.21. The van der Waals surface area contributed by atoms with E-state index in [1.807, 2.05) is 18.7 Å². The number of Topliss-reactive ketones (excluding diaryl/α,β-unsaturated/α-hetero) is 1. The molecule has 0 aliphatic carbocycles. The number of hydrogen-bond acceptors (Lipinski definition) is 5. The van der Waals surface area contributed by atoms with Gasteiger partial charge in [0.15, 0.2) is 5.78 Å². The second kappa shape index (κ2) is 7.57. The summed E-state index contributed by atoms with van der Waals surface area (Å²) in [5, 5.41) is 11.8. The molecule has 1 saturated heterocycles. The van der Waals surface area contributed by atoms with E-state index >= 15 is 0 Å². The van der Waals surface area contributed by atoms with E-state index in [1.165, 1.54) is 6.92 Å². The molecule has 0 aromatic rings. The van der Waals surface area contributed by atoms with Crippen LogP contribution in [-0.2, 0) is 14.3 Å². The molecule has 0 spiro atoms. The van der Waals surface area contributed by atoms with Gasteiger partial charge < -0.3 is 15.2 Å². The molecule has 0 saturated carbocycles. The molecule has 1 rings (SSSR count). The number of aliphatic hydroxyl groups excluding tert-OH is 1. The van der Waals surface area contributed by atoms with Crippen LogP contribution in [0.5, 0.6) is 0 Å². The van der Waals surface area contributed by atoms with Gasteiger partial charge in [-0.15, -0.1) is 0 Å². The Bertz CT molecular complexity index is 320. The maximum Gasteiger partial charge on any atom is 0.234 e. The Morgan fingerprint density at radius 1 is 1.47 bits per heavy atom. The first-order valence-corrected chi connectivity index (χ1v) is 6.68. The molecule has 1 fully saturated rings. The summed E-state index contributed by atoms with van der Waals surface area (Å²) in [5.74, 6) is -0.109. The van der Waals surface area contributed by atoms with Gasteiger partial charge in [0, 0.05) is 13.1 Å². The fraction of sp³-hybridized carbons (Fsp3) is 0.846. The summed E-state index contributed by atoms with van der Waals surface area (Å²) in [4.78, 5) is 25.3. The molecule has 2 unspecified atom stereocenters. The van der Waals surface area contributed by atoms with Gasteiger partial charge in [0.05, 0.1) is 31.9 Å². The van der Waals surface area contributed by atoms with E-state index in [4.69, 9.17) is 9.84 Å². The first kappa shape index (κ1) is 16.1. The lowest BCUT2D eigenvalue weighted by atomic mass is 10.0. The van der Waals surface area contributed by atoms with E-state index in [9.17, 15) is 9.59 Å². The molecular formula is C13H24N2O4. The summed E-state index contributed by atoms with van der Waals surface area (Å²) in [7, 11) is 0. The standard InChI is InChI=1S/C13H24N2O4/c1-9(2)13(10(3)17)14-12(18)7-15-4-5-19-11(6-15)8-16/h9,11,13,16H,4-8H2,1-3H3,(H,14,18). The SMILES string of the molecule is CC(=O)C(NC(=O)CN1CCOC(CO)C1)C(C)C. The van der Waals surface area contributed by atoms with Crippen molar-refractivity contribution < 1.29 is 19.4 Å². The minimum atomic E-state index is -0.429. The molecule has 0 aromatic heterocycles. The Hall–Kier alpha value is -0.980. The Morgan fingerprint density at radius 2 is 2.16 bits per heavy atom. The van der Waals surface area contributed by atoms with Crippen LogP contribution >= 0.6 is 0 Å². The topological polar surface area (TPSA) is 78.9 Å². The van der Waals surface area contributed by atoms with Crippen molar-refractivity contribution in [2.24, 2.45) is 5.92 Å². The number of hydrogen-bond donors (Lipinski definition) is 2. The first-order valence-electron chi connectivity index (χ1n) is 6.68. The van der Waals surface area contributed by atoms with Crippen molar-refractivity contribution in [3.05, 3.63) is 0 Å². The molecule has 1 amide bonds. The van der Waals surface area contributed by atoms with Crippen LogP contribution in [0.3, 0.4) is 0 Å². The van der Waals surface area contributed by atoms with Gasteiger partial charge in [-0.25, -0.2) is 0 Å². The highest BCUT2D eigenvalue weighted by Crippen LogP contribution is 2.06. The number of rotatable bonds is 6. The lowest BCUT2D eigenvalue weighted by Gasteiger charge is -2.32. The van der Waals surface area contributed by atoms with E-state index in [1.54, 1.807) is 0 Å². The van der Waals surface area contributed by atoms with Gasteiger partial charge in [-0.05, 0) is 12.8 Å². The van der Waals surface area contributed by atoms with Gasteiger partial charge in [-0.1, -0.05) is 13.8 Å². The van der Waals surface area contributed by atoms with Crippen molar-refractivity contribution in [1.82, 2.24) is 10.2 Å². The largest absolute Gasteiger partial charge is 0.394 e. The first-order chi connectivity index (χ1) is 8.93. The number of nitrogens with zero attached hydrogens (tertiary/aromatic N) is 1. The zero-order valence-corrected chi connectivity index (χ0v) is 11.9. The smallest absolute Gasteiger partial charge is 0.234 e. The fourth-order valence-corrected chi connectivity index (χ4v) is 2.19. The summed E-state index contributed by atoms with van der Waals surface area (Å²) in [5.41, 5.74) is 0. The molecule has 1 heterocycles. The normalized spacial score (nSPS) is 22.3. The third kappa shape index (κ3) is 5.26. The number of carbonyl (C=O) groups excluding carboxylic acids is 2. The number of aliphatic hydroxyl groups is 1. The van der Waals surface area contributed by atoms with Crippen LogP contribution in [0.2, 0.25) is 0 Å². The van der Waals surface area contributed by atoms with Crippen LogP contribution in [0.4, 0.5) is 0 Å². The molecular weight excluding hydrogens is 248 g/mol. The maximum absolute atomic E-state index is 11.9. The fourth-order valence-electron chi connectivity index (χ4n) is 2.19. The van der Waals surface area contributed by atoms with Crippen molar-refractivity contribution in [2.75, 3.05) is 32.8 Å². The number of morpholine rings is 1. The highest BCUT2D eigenvalue weighted by Gasteiger charge is 2.24. The summed E-state index contributed by atoms with van der Waals surface area (Å²) >= 11 is 0. The van der Waals surface area contributed by atoms with Crippen LogP contribution in [0.25, 0.3) is 0 Å². The highest BCUT2D eigenvalue weighted by atomic mass is 16.5. The van der Waals surface area contributed by atoms with Gasteiger partial charge >= 0.3 is 0 Å². The Kier molecular flexibility index (Phi) is 6.41. The van der Waals surface area contributed by atoms with Crippen LogP contribution in [0.1, 0.15) is 20.8 Å². The summed E-state index contributed by atoms with van der Waals surface area (Å²) in [6.45, 7) is 7.20. The number of amides is 1. The average Bonchev–Trinajstić information content (AvgIpc) is 2.35. The minimum absolute atomic E-state index is 0.0291. The van der Waals surface area contributed by atoms with E-state index < -0.39 is 6.04 Å². The molecule has 1 aliphatic rings. The van der Waals surface area contributed by atoms with Crippen LogP contribution < -0.4 is 5.32 Å². The van der Waals surface area contributed by atoms with Gasteiger partial charge in [0.2, 0.25) is 5.91 Å². The zero-order chi connectivity index (χ0) is 14.4. The Labute approximate surface area is 114 Å². The van der Waals surface area contributed by atoms with E-state index in [-0.39, 0.29) is 36.9 Å². The third-order valence-electron chi connectivity index (χ3n) is 3.21. The molecule has 6 nitrogen and oxygen atoms in total. The second-order valence-corrected chi connectivity index (χ2v) is 5.31. The van der Waals surface area contributed by atoms with Crippen LogP contribution in [0, 0.1) is 5.92 Å². The Morgan fingerprint density at radius 3 is 2.68 bits per heavy atom. The molecule has 1 aliphatic heterocycles. The van der Waals surface area contributed by atoms with Crippen LogP contribution in [-0.4, -0.2) is 66.7 Å². The number of ether oxygens (including phenoxy) is 1. The maximum atomic E-state index is 11.9. The summed E-state index contributed by atoms with van der Waals surface area (Å²) in [6.07, 6.45) is -0.227. The molecule has 0 radical (unpaired) electrons. The average molecular weight is 272 g/mol. The van der Waals surface area contributed by atoms with E-state index in [2.05, 4.69) is 5.32 Å². The highest BCUT2D eigenvalue weighted by molar-refractivity contribution is 5.88. The summed E-state index contributed by atoms with van der Waals surface area (Å²) in [6, 6.07) is -0.429. The monoisotopic (exact) mass is 272 g/mol. The molecule has 0 aromatic carbocycles. The molecule has 110 valence electrons. The molecule has 0 bridgehead atoms. The second-order valence-electron chi connectivity index (χ2n) is 5.31. The lowest BCUT2D eigenvalue weighted by Crippen LogP contribution is -2.51. The molecule has 2 N–H and O–H groups in total. The quantitative estimate of drug-likeness (QED) is 0.675. The zero-order valence-electron chi connectivity index (χ0n) is 11.9. The van der Waals surface area contributed by atoms with Gasteiger partial charge in [-0.3, -0.25) is 14.5 Å². The molecule has 6 heteroatoms. The predicted octanol–water partition coefficient (Wildman–Crippen LogP) is -0.591. The number of ketones is 1. The van der Waals surface area contributed by atoms with Crippen LogP contribution in [0.15, 0.2) is 0 Å². The van der Waals surface area contributed by atoms with E-state index in [0.29, 0.717) is 19.7 Å². The van der Waals surface area contributed by atoms with Gasteiger partial charge in [0.25, 0.3) is 0 Å². The molecule has 19 heavy (non-hydrogen) atoms. The minimum Gasteiger partial charge on any atom is -0.394 e. The van der Waals surface area contributed by atoms with E-state index in [0.717, 1.165) is 0 Å². The van der Waals surface area contributed by atoms with Crippen molar-refractivity contribution >= 4 is 11.7 Å². The predicted molar refractivity (Wildman–Crippen MR) is 70.7 cm³/mol. The number of carbonyl (C=O) groups is 2. The van der Waals surface area contributed by atoms with Gasteiger partial charge in [-0.2, -0.15) is 0 Å². The lowest BCUT2D eigenvalue weighted by molar-refractivity contribution is -0.130. The Balaban J connectivity index is 2.43. The van der Waals surface area contributed by atoms with Gasteiger partial charge in [0.1, 0.15) is 0 Å². The van der Waals surface area contributed by atoms with Crippen molar-refractivity contribution in [1.29, 1.82) is 0 Å². The van der Waals surface area contributed by atoms with Crippen molar-refractivity contribution in [3.63, 3.8) is 0 Å². The molecule has 2 atom stereocenters. The van der Waals surface area contributed by atoms with Crippen molar-refractivity contribution in [2.45, 2.75) is 32.9 Å².